The first kappa shape index (κ1) is 14.8. The number of aromatic amines is 1. The van der Waals surface area contributed by atoms with Gasteiger partial charge in [-0.2, -0.15) is 5.10 Å². The minimum atomic E-state index is -0.181. The summed E-state index contributed by atoms with van der Waals surface area (Å²) in [6, 6.07) is 5.39. The average Bonchev–Trinajstić information content (AvgIpc) is 2.93. The zero-order valence-electron chi connectivity index (χ0n) is 12.3. The molecule has 0 saturated heterocycles. The molecule has 0 fully saturated rings. The number of amides is 2. The first-order chi connectivity index (χ1) is 10.1. The van der Waals surface area contributed by atoms with E-state index in [2.05, 4.69) is 27.1 Å². The molecule has 110 valence electrons. The molecular weight excluding hydrogens is 266 g/mol. The van der Waals surface area contributed by atoms with Crippen molar-refractivity contribution in [3.8, 4) is 11.4 Å². The normalized spacial score (nSPS) is 10.2. The van der Waals surface area contributed by atoms with Crippen molar-refractivity contribution in [3.05, 3.63) is 42.7 Å². The van der Waals surface area contributed by atoms with Crippen molar-refractivity contribution in [1.29, 1.82) is 0 Å². The van der Waals surface area contributed by atoms with E-state index in [0.29, 0.717) is 24.5 Å². The van der Waals surface area contributed by atoms with Crippen molar-refractivity contribution < 1.29 is 4.79 Å². The van der Waals surface area contributed by atoms with E-state index in [1.165, 1.54) is 0 Å². The maximum absolute atomic E-state index is 12.3. The molecule has 2 rings (SSSR count). The van der Waals surface area contributed by atoms with Crippen LogP contribution in [0.2, 0.25) is 0 Å². The number of urea groups is 1. The SMILES string of the molecule is C=C(C)CN(CC)C(=O)Nc1cn[nH]c1-c1ccccn1. The molecule has 0 radical (unpaired) electrons. The fourth-order valence-electron chi connectivity index (χ4n) is 1.93. The van der Waals surface area contributed by atoms with Gasteiger partial charge < -0.3 is 10.2 Å². The number of pyridine rings is 1. The lowest BCUT2D eigenvalue weighted by molar-refractivity contribution is 0.218. The highest BCUT2D eigenvalue weighted by atomic mass is 16.2. The van der Waals surface area contributed by atoms with Gasteiger partial charge in [-0.1, -0.05) is 18.2 Å². The second kappa shape index (κ2) is 6.69. The van der Waals surface area contributed by atoms with Gasteiger partial charge in [-0.25, -0.2) is 4.79 Å². The smallest absolute Gasteiger partial charge is 0.321 e. The van der Waals surface area contributed by atoms with Gasteiger partial charge in [0.05, 0.1) is 17.6 Å². The van der Waals surface area contributed by atoms with Crippen LogP contribution >= 0.6 is 0 Å². The monoisotopic (exact) mass is 285 g/mol. The Morgan fingerprint density at radius 2 is 2.29 bits per heavy atom. The Bertz CT molecular complexity index is 620. The summed E-state index contributed by atoms with van der Waals surface area (Å²) in [5.41, 5.74) is 2.96. The number of nitrogens with one attached hydrogen (secondary N) is 2. The van der Waals surface area contributed by atoms with Crippen molar-refractivity contribution in [3.63, 3.8) is 0 Å². The lowest BCUT2D eigenvalue weighted by atomic mass is 10.2. The highest BCUT2D eigenvalue weighted by molar-refractivity contribution is 5.93. The zero-order valence-corrected chi connectivity index (χ0v) is 12.3. The number of rotatable bonds is 5. The quantitative estimate of drug-likeness (QED) is 0.829. The standard InChI is InChI=1S/C15H19N5O/c1-4-20(10-11(2)3)15(21)18-13-9-17-19-14(13)12-7-5-6-8-16-12/h5-9H,2,4,10H2,1,3H3,(H,17,19)(H,18,21). The second-order valence-electron chi connectivity index (χ2n) is 4.78. The third kappa shape index (κ3) is 3.68. The van der Waals surface area contributed by atoms with Gasteiger partial charge >= 0.3 is 6.03 Å². The van der Waals surface area contributed by atoms with Gasteiger partial charge in [0.15, 0.2) is 0 Å². The number of anilines is 1. The molecular formula is C15H19N5O. The van der Waals surface area contributed by atoms with Crippen molar-refractivity contribution in [2.75, 3.05) is 18.4 Å². The topological polar surface area (TPSA) is 73.9 Å². The van der Waals surface area contributed by atoms with Crippen LogP contribution in [0.3, 0.4) is 0 Å². The molecule has 2 aromatic rings. The van der Waals surface area contributed by atoms with Gasteiger partial charge in [-0.05, 0) is 26.0 Å². The summed E-state index contributed by atoms with van der Waals surface area (Å²) in [7, 11) is 0. The molecule has 2 N–H and O–H groups in total. The number of carbonyl (C=O) groups is 1. The molecule has 0 atom stereocenters. The Kier molecular flexibility index (Phi) is 4.71. The highest BCUT2D eigenvalue weighted by Crippen LogP contribution is 2.23. The van der Waals surface area contributed by atoms with E-state index in [4.69, 9.17) is 0 Å². The third-order valence-electron chi connectivity index (χ3n) is 2.93. The molecule has 0 saturated carbocycles. The van der Waals surface area contributed by atoms with Crippen LogP contribution < -0.4 is 5.32 Å². The molecule has 2 aromatic heterocycles. The summed E-state index contributed by atoms with van der Waals surface area (Å²) >= 11 is 0. The number of H-pyrrole nitrogens is 1. The number of aromatic nitrogens is 3. The Hall–Kier alpha value is -2.63. The highest BCUT2D eigenvalue weighted by Gasteiger charge is 2.15. The fourth-order valence-corrected chi connectivity index (χ4v) is 1.93. The number of nitrogens with zero attached hydrogens (tertiary/aromatic N) is 3. The molecule has 2 heterocycles. The fraction of sp³-hybridized carbons (Fsp3) is 0.267. The summed E-state index contributed by atoms with van der Waals surface area (Å²) in [6.45, 7) is 8.79. The largest absolute Gasteiger partial charge is 0.322 e. The van der Waals surface area contributed by atoms with Gasteiger partial charge in [0, 0.05) is 19.3 Å². The molecule has 0 aliphatic rings. The maximum atomic E-state index is 12.3. The molecule has 0 spiro atoms. The predicted octanol–water partition coefficient (Wildman–Crippen LogP) is 2.90. The lowest BCUT2D eigenvalue weighted by Crippen LogP contribution is -2.35. The molecule has 0 bridgehead atoms. The Balaban J connectivity index is 2.15. The summed E-state index contributed by atoms with van der Waals surface area (Å²) in [5.74, 6) is 0. The molecule has 0 aromatic carbocycles. The van der Waals surface area contributed by atoms with Gasteiger partial charge in [0.1, 0.15) is 5.69 Å². The van der Waals surface area contributed by atoms with Crippen LogP contribution in [0.4, 0.5) is 10.5 Å². The molecule has 6 nitrogen and oxygen atoms in total. The van der Waals surface area contributed by atoms with E-state index in [9.17, 15) is 4.79 Å². The van der Waals surface area contributed by atoms with E-state index >= 15 is 0 Å². The molecule has 2 amide bonds. The first-order valence-electron chi connectivity index (χ1n) is 6.77. The minimum absolute atomic E-state index is 0.181. The van der Waals surface area contributed by atoms with Gasteiger partial charge in [-0.3, -0.25) is 10.1 Å². The second-order valence-corrected chi connectivity index (χ2v) is 4.78. The van der Waals surface area contributed by atoms with E-state index < -0.39 is 0 Å². The van der Waals surface area contributed by atoms with E-state index in [-0.39, 0.29) is 6.03 Å². The summed E-state index contributed by atoms with van der Waals surface area (Å²) < 4.78 is 0. The number of hydrogen-bond acceptors (Lipinski definition) is 3. The van der Waals surface area contributed by atoms with Gasteiger partial charge in [0.25, 0.3) is 0 Å². The lowest BCUT2D eigenvalue weighted by Gasteiger charge is -2.21. The number of hydrogen-bond donors (Lipinski definition) is 2. The van der Waals surface area contributed by atoms with Crippen molar-refractivity contribution in [2.45, 2.75) is 13.8 Å². The Morgan fingerprint density at radius 3 is 2.90 bits per heavy atom. The number of carbonyl (C=O) groups excluding carboxylic acids is 1. The summed E-state index contributed by atoms with van der Waals surface area (Å²) in [6.07, 6.45) is 3.28. The molecule has 0 aliphatic carbocycles. The van der Waals surface area contributed by atoms with Gasteiger partial charge in [-0.15, -0.1) is 0 Å². The minimum Gasteiger partial charge on any atom is -0.321 e. The van der Waals surface area contributed by atoms with Crippen LogP contribution in [-0.4, -0.2) is 39.2 Å². The van der Waals surface area contributed by atoms with Crippen LogP contribution in [-0.2, 0) is 0 Å². The van der Waals surface area contributed by atoms with Crippen molar-refractivity contribution in [1.82, 2.24) is 20.1 Å². The Labute approximate surface area is 123 Å². The van der Waals surface area contributed by atoms with Crippen LogP contribution in [0.1, 0.15) is 13.8 Å². The molecule has 6 heteroatoms. The summed E-state index contributed by atoms with van der Waals surface area (Å²) in [4.78, 5) is 18.2. The molecule has 21 heavy (non-hydrogen) atoms. The summed E-state index contributed by atoms with van der Waals surface area (Å²) in [5, 5.41) is 9.70. The first-order valence-corrected chi connectivity index (χ1v) is 6.77. The third-order valence-corrected chi connectivity index (χ3v) is 2.93. The van der Waals surface area contributed by atoms with Crippen LogP contribution in [0.15, 0.2) is 42.7 Å². The van der Waals surface area contributed by atoms with E-state index in [1.54, 1.807) is 17.3 Å². The van der Waals surface area contributed by atoms with Gasteiger partial charge in [0.2, 0.25) is 0 Å². The van der Waals surface area contributed by atoms with Crippen LogP contribution in [0.5, 0.6) is 0 Å². The Morgan fingerprint density at radius 1 is 1.48 bits per heavy atom. The number of likely N-dealkylation sites (N-methyl/N-ethyl adjacent to an activating group) is 1. The molecule has 0 unspecified atom stereocenters. The maximum Gasteiger partial charge on any atom is 0.322 e. The van der Waals surface area contributed by atoms with Crippen molar-refractivity contribution >= 4 is 11.7 Å². The van der Waals surface area contributed by atoms with Crippen molar-refractivity contribution in [2.24, 2.45) is 0 Å². The van der Waals surface area contributed by atoms with Crippen LogP contribution in [0.25, 0.3) is 11.4 Å². The van der Waals surface area contributed by atoms with E-state index in [1.807, 2.05) is 32.0 Å². The molecule has 0 aliphatic heterocycles. The van der Waals surface area contributed by atoms with Crippen LogP contribution in [0, 0.1) is 0 Å². The zero-order chi connectivity index (χ0) is 15.2. The average molecular weight is 285 g/mol. The predicted molar refractivity (Wildman–Crippen MR) is 82.9 cm³/mol. The van der Waals surface area contributed by atoms with E-state index in [0.717, 1.165) is 11.3 Å².